The molecule has 0 saturated carbocycles. The first-order valence-electron chi connectivity index (χ1n) is 5.69. The average Bonchev–Trinajstić information content (AvgIpc) is 2.38. The zero-order valence-electron chi connectivity index (χ0n) is 10.2. The maximum atomic E-state index is 11.9. The third-order valence-electron chi connectivity index (χ3n) is 3.02. The van der Waals surface area contributed by atoms with Crippen LogP contribution in [0.15, 0.2) is 28.7 Å². The van der Waals surface area contributed by atoms with Crippen molar-refractivity contribution in [1.82, 2.24) is 5.32 Å². The lowest BCUT2D eigenvalue weighted by Gasteiger charge is -2.27. The number of amides is 1. The van der Waals surface area contributed by atoms with Gasteiger partial charge < -0.3 is 10.1 Å². The van der Waals surface area contributed by atoms with Crippen LogP contribution in [0.3, 0.4) is 0 Å². The lowest BCUT2D eigenvalue weighted by Crippen LogP contribution is -2.48. The van der Waals surface area contributed by atoms with Crippen LogP contribution in [0.4, 0.5) is 0 Å². The van der Waals surface area contributed by atoms with Crippen molar-refractivity contribution in [1.29, 1.82) is 0 Å². The number of halogens is 1. The predicted molar refractivity (Wildman–Crippen MR) is 70.2 cm³/mol. The van der Waals surface area contributed by atoms with Gasteiger partial charge in [0.05, 0.1) is 13.2 Å². The van der Waals surface area contributed by atoms with Crippen molar-refractivity contribution in [3.05, 3.63) is 34.3 Å². The molecule has 0 aromatic heterocycles. The molecule has 5 nitrogen and oxygen atoms in total. The van der Waals surface area contributed by atoms with E-state index in [9.17, 15) is 14.4 Å². The summed E-state index contributed by atoms with van der Waals surface area (Å²) >= 11 is 3.32. The second-order valence-corrected chi connectivity index (χ2v) is 5.16. The normalized spacial score (nSPS) is 22.8. The molecule has 0 spiro atoms. The molecule has 2 rings (SSSR count). The SMILES string of the molecule is COC(=O)C1C(=O)CC(c2ccc(Br)cc2)NC1=O. The molecule has 2 atom stereocenters. The highest BCUT2D eigenvalue weighted by molar-refractivity contribution is 9.10. The molecule has 1 fully saturated rings. The molecule has 1 aromatic carbocycles. The van der Waals surface area contributed by atoms with Crippen molar-refractivity contribution in [2.45, 2.75) is 12.5 Å². The molecule has 1 aromatic rings. The molecule has 0 radical (unpaired) electrons. The summed E-state index contributed by atoms with van der Waals surface area (Å²) in [6.07, 6.45) is 0.0904. The summed E-state index contributed by atoms with van der Waals surface area (Å²) < 4.78 is 5.37. The molecule has 1 aliphatic rings. The summed E-state index contributed by atoms with van der Waals surface area (Å²) in [4.78, 5) is 35.1. The molecule has 0 aliphatic carbocycles. The first-order chi connectivity index (χ1) is 9.02. The topological polar surface area (TPSA) is 72.5 Å². The van der Waals surface area contributed by atoms with Crippen molar-refractivity contribution >= 4 is 33.6 Å². The fourth-order valence-electron chi connectivity index (χ4n) is 2.02. The van der Waals surface area contributed by atoms with Crippen LogP contribution in [-0.4, -0.2) is 24.8 Å². The fourth-order valence-corrected chi connectivity index (χ4v) is 2.29. The van der Waals surface area contributed by atoms with Gasteiger partial charge in [-0.05, 0) is 17.7 Å². The van der Waals surface area contributed by atoms with Crippen LogP contribution in [-0.2, 0) is 19.1 Å². The van der Waals surface area contributed by atoms with Gasteiger partial charge in [-0.1, -0.05) is 28.1 Å². The highest BCUT2D eigenvalue weighted by atomic mass is 79.9. The maximum absolute atomic E-state index is 11.9. The van der Waals surface area contributed by atoms with Gasteiger partial charge in [-0.15, -0.1) is 0 Å². The molecule has 1 aliphatic heterocycles. The minimum atomic E-state index is -1.34. The molecule has 2 unspecified atom stereocenters. The Hall–Kier alpha value is -1.69. The highest BCUT2D eigenvalue weighted by Crippen LogP contribution is 2.25. The smallest absolute Gasteiger partial charge is 0.325 e. The lowest BCUT2D eigenvalue weighted by molar-refractivity contribution is -0.155. The zero-order valence-corrected chi connectivity index (χ0v) is 11.8. The minimum absolute atomic E-state index is 0.0904. The summed E-state index contributed by atoms with van der Waals surface area (Å²) in [7, 11) is 1.16. The number of benzene rings is 1. The molecule has 0 bridgehead atoms. The van der Waals surface area contributed by atoms with Gasteiger partial charge in [0.1, 0.15) is 0 Å². The Bertz CT molecular complexity index is 508. The van der Waals surface area contributed by atoms with E-state index < -0.39 is 29.6 Å². The molecule has 19 heavy (non-hydrogen) atoms. The second kappa shape index (κ2) is 5.52. The lowest BCUT2D eigenvalue weighted by atomic mass is 9.89. The van der Waals surface area contributed by atoms with E-state index in [-0.39, 0.29) is 6.42 Å². The Labute approximate surface area is 118 Å². The number of Topliss-reactive ketones (excluding diaryl/α,β-unsaturated/α-hetero) is 1. The van der Waals surface area contributed by atoms with E-state index in [2.05, 4.69) is 26.0 Å². The van der Waals surface area contributed by atoms with Gasteiger partial charge in [0, 0.05) is 10.9 Å². The van der Waals surface area contributed by atoms with E-state index in [1.54, 1.807) is 0 Å². The summed E-state index contributed by atoms with van der Waals surface area (Å²) in [5.74, 6) is -3.16. The number of hydrogen-bond acceptors (Lipinski definition) is 4. The number of methoxy groups -OCH3 is 1. The molecular weight excluding hydrogens is 314 g/mol. The number of esters is 1. The Morgan fingerprint density at radius 2 is 1.95 bits per heavy atom. The van der Waals surface area contributed by atoms with Crippen LogP contribution in [0.25, 0.3) is 0 Å². The van der Waals surface area contributed by atoms with Crippen LogP contribution >= 0.6 is 15.9 Å². The maximum Gasteiger partial charge on any atom is 0.325 e. The van der Waals surface area contributed by atoms with Crippen molar-refractivity contribution < 1.29 is 19.1 Å². The van der Waals surface area contributed by atoms with E-state index in [1.165, 1.54) is 0 Å². The van der Waals surface area contributed by atoms with Crippen molar-refractivity contribution in [3.63, 3.8) is 0 Å². The van der Waals surface area contributed by atoms with Gasteiger partial charge in [-0.25, -0.2) is 0 Å². The van der Waals surface area contributed by atoms with Crippen LogP contribution in [0.2, 0.25) is 0 Å². The molecule has 1 saturated heterocycles. The molecule has 1 heterocycles. The number of carbonyl (C=O) groups excluding carboxylic acids is 3. The van der Waals surface area contributed by atoms with Gasteiger partial charge in [-0.2, -0.15) is 0 Å². The summed E-state index contributed by atoms with van der Waals surface area (Å²) in [5.41, 5.74) is 0.827. The van der Waals surface area contributed by atoms with E-state index >= 15 is 0 Å². The number of carbonyl (C=O) groups is 3. The minimum Gasteiger partial charge on any atom is -0.468 e. The van der Waals surface area contributed by atoms with Gasteiger partial charge >= 0.3 is 5.97 Å². The zero-order chi connectivity index (χ0) is 14.0. The van der Waals surface area contributed by atoms with Crippen LogP contribution in [0.1, 0.15) is 18.0 Å². The number of hydrogen-bond donors (Lipinski definition) is 1. The number of ketones is 1. The van der Waals surface area contributed by atoms with Gasteiger partial charge in [0.2, 0.25) is 5.91 Å². The predicted octanol–water partition coefficient (Wildman–Crippen LogP) is 1.37. The van der Waals surface area contributed by atoms with Crippen LogP contribution in [0, 0.1) is 5.92 Å². The third-order valence-corrected chi connectivity index (χ3v) is 3.54. The Balaban J connectivity index is 2.18. The molecule has 100 valence electrons. The summed E-state index contributed by atoms with van der Waals surface area (Å²) in [5, 5.41) is 2.67. The Morgan fingerprint density at radius 3 is 2.47 bits per heavy atom. The monoisotopic (exact) mass is 325 g/mol. The van der Waals surface area contributed by atoms with Crippen LogP contribution in [0.5, 0.6) is 0 Å². The van der Waals surface area contributed by atoms with Gasteiger partial charge in [-0.3, -0.25) is 14.4 Å². The van der Waals surface area contributed by atoms with Crippen LogP contribution < -0.4 is 5.32 Å². The van der Waals surface area contributed by atoms with E-state index in [0.29, 0.717) is 0 Å². The van der Waals surface area contributed by atoms with E-state index in [4.69, 9.17) is 0 Å². The fraction of sp³-hybridized carbons (Fsp3) is 0.308. The van der Waals surface area contributed by atoms with Crippen molar-refractivity contribution in [2.75, 3.05) is 7.11 Å². The molecule has 1 N–H and O–H groups in total. The first kappa shape index (κ1) is 13.7. The van der Waals surface area contributed by atoms with Gasteiger partial charge in [0.15, 0.2) is 11.7 Å². The number of rotatable bonds is 2. The second-order valence-electron chi connectivity index (χ2n) is 4.24. The Morgan fingerprint density at radius 1 is 1.32 bits per heavy atom. The quantitative estimate of drug-likeness (QED) is 0.658. The first-order valence-corrected chi connectivity index (χ1v) is 6.48. The number of ether oxygens (including phenoxy) is 1. The Kier molecular flexibility index (Phi) is 3.99. The van der Waals surface area contributed by atoms with E-state index in [1.807, 2.05) is 24.3 Å². The van der Waals surface area contributed by atoms with E-state index in [0.717, 1.165) is 17.1 Å². The van der Waals surface area contributed by atoms with Gasteiger partial charge in [0.25, 0.3) is 0 Å². The summed E-state index contributed by atoms with van der Waals surface area (Å²) in [6, 6.07) is 6.91. The molecule has 1 amide bonds. The molecular formula is C13H12BrNO4. The number of nitrogens with one attached hydrogen (secondary N) is 1. The third kappa shape index (κ3) is 2.84. The highest BCUT2D eigenvalue weighted by Gasteiger charge is 2.41. The van der Waals surface area contributed by atoms with Crippen molar-refractivity contribution in [2.24, 2.45) is 5.92 Å². The summed E-state index contributed by atoms with van der Waals surface area (Å²) in [6.45, 7) is 0. The molecule has 6 heteroatoms. The number of piperidine rings is 1. The standard InChI is InChI=1S/C13H12BrNO4/c1-19-13(18)11-10(16)6-9(15-12(11)17)7-2-4-8(14)5-3-7/h2-5,9,11H,6H2,1H3,(H,15,17). The average molecular weight is 326 g/mol. The van der Waals surface area contributed by atoms with Crippen molar-refractivity contribution in [3.8, 4) is 0 Å². The largest absolute Gasteiger partial charge is 0.468 e.